The average molecular weight is 149 g/mol. The van der Waals surface area contributed by atoms with E-state index in [0.717, 1.165) is 16.7 Å². The molecule has 1 aromatic heterocycles. The standard InChI is InChI=1S/C8H7NO2/c1-10-7-2-3-8-6(4-7)5-9-11-8/h2-5H,1H3. The SMILES string of the molecule is COc1ccc2oncc2c1. The Hall–Kier alpha value is -1.51. The summed E-state index contributed by atoms with van der Waals surface area (Å²) in [5, 5.41) is 4.61. The lowest BCUT2D eigenvalue weighted by Crippen LogP contribution is -1.79. The number of nitrogens with zero attached hydrogens (tertiary/aromatic N) is 1. The van der Waals surface area contributed by atoms with Crippen molar-refractivity contribution >= 4 is 11.0 Å². The Bertz CT molecular complexity index is 367. The van der Waals surface area contributed by atoms with Gasteiger partial charge in [-0.05, 0) is 18.2 Å². The molecular formula is C8H7NO2. The molecule has 0 aliphatic rings. The van der Waals surface area contributed by atoms with Gasteiger partial charge < -0.3 is 9.26 Å². The van der Waals surface area contributed by atoms with Crippen molar-refractivity contribution in [3.8, 4) is 5.75 Å². The first-order chi connectivity index (χ1) is 5.40. The second-order valence-electron chi connectivity index (χ2n) is 2.23. The van der Waals surface area contributed by atoms with Gasteiger partial charge in [0.1, 0.15) is 5.75 Å². The molecule has 1 heterocycles. The van der Waals surface area contributed by atoms with Gasteiger partial charge in [-0.1, -0.05) is 5.16 Å². The molecular weight excluding hydrogens is 142 g/mol. The first-order valence-corrected chi connectivity index (χ1v) is 3.28. The summed E-state index contributed by atoms with van der Waals surface area (Å²) in [6.45, 7) is 0. The normalized spacial score (nSPS) is 10.3. The highest BCUT2D eigenvalue weighted by Gasteiger charge is 1.98. The molecule has 0 atom stereocenters. The van der Waals surface area contributed by atoms with Crippen molar-refractivity contribution < 1.29 is 9.26 Å². The fourth-order valence-corrected chi connectivity index (χ4v) is 0.977. The predicted molar refractivity (Wildman–Crippen MR) is 40.6 cm³/mol. The van der Waals surface area contributed by atoms with Gasteiger partial charge in [0.25, 0.3) is 0 Å². The molecule has 56 valence electrons. The third kappa shape index (κ3) is 0.941. The number of fused-ring (bicyclic) bond motifs is 1. The fourth-order valence-electron chi connectivity index (χ4n) is 0.977. The summed E-state index contributed by atoms with van der Waals surface area (Å²) < 4.78 is 9.93. The van der Waals surface area contributed by atoms with Crippen molar-refractivity contribution in [2.75, 3.05) is 7.11 Å². The van der Waals surface area contributed by atoms with Gasteiger partial charge in [0, 0.05) is 5.39 Å². The van der Waals surface area contributed by atoms with Crippen LogP contribution in [0.25, 0.3) is 11.0 Å². The smallest absolute Gasteiger partial charge is 0.167 e. The lowest BCUT2D eigenvalue weighted by atomic mass is 10.2. The number of rotatable bonds is 1. The molecule has 2 rings (SSSR count). The summed E-state index contributed by atoms with van der Waals surface area (Å²) >= 11 is 0. The maximum absolute atomic E-state index is 5.02. The predicted octanol–water partition coefficient (Wildman–Crippen LogP) is 1.84. The molecule has 0 saturated carbocycles. The van der Waals surface area contributed by atoms with Crippen molar-refractivity contribution in [2.45, 2.75) is 0 Å². The average Bonchev–Trinajstić information content (AvgIpc) is 2.50. The highest BCUT2D eigenvalue weighted by molar-refractivity contribution is 5.77. The Morgan fingerprint density at radius 1 is 1.45 bits per heavy atom. The molecule has 3 heteroatoms. The topological polar surface area (TPSA) is 35.3 Å². The van der Waals surface area contributed by atoms with Crippen molar-refractivity contribution in [3.63, 3.8) is 0 Å². The molecule has 0 unspecified atom stereocenters. The fraction of sp³-hybridized carbons (Fsp3) is 0.125. The minimum absolute atomic E-state index is 0.783. The first kappa shape index (κ1) is 6.22. The Labute approximate surface area is 63.6 Å². The van der Waals surface area contributed by atoms with E-state index in [2.05, 4.69) is 5.16 Å². The van der Waals surface area contributed by atoms with Gasteiger partial charge in [0.2, 0.25) is 0 Å². The molecule has 0 aliphatic heterocycles. The molecule has 0 bridgehead atoms. The van der Waals surface area contributed by atoms with Gasteiger partial charge >= 0.3 is 0 Å². The van der Waals surface area contributed by atoms with Crippen LogP contribution in [0.3, 0.4) is 0 Å². The van der Waals surface area contributed by atoms with Crippen molar-refractivity contribution in [3.05, 3.63) is 24.4 Å². The van der Waals surface area contributed by atoms with E-state index in [-0.39, 0.29) is 0 Å². The van der Waals surface area contributed by atoms with E-state index in [1.54, 1.807) is 13.3 Å². The number of hydrogen-bond donors (Lipinski definition) is 0. The zero-order valence-corrected chi connectivity index (χ0v) is 6.07. The first-order valence-electron chi connectivity index (χ1n) is 3.28. The summed E-state index contributed by atoms with van der Waals surface area (Å²) in [6.07, 6.45) is 1.66. The summed E-state index contributed by atoms with van der Waals surface area (Å²) in [4.78, 5) is 0. The lowest BCUT2D eigenvalue weighted by Gasteiger charge is -1.95. The third-order valence-corrected chi connectivity index (χ3v) is 1.56. The maximum atomic E-state index is 5.02. The van der Waals surface area contributed by atoms with Crippen LogP contribution in [0, 0.1) is 0 Å². The Kier molecular flexibility index (Phi) is 1.28. The van der Waals surface area contributed by atoms with Crippen LogP contribution in [-0.2, 0) is 0 Å². The van der Waals surface area contributed by atoms with Crippen LogP contribution in [0.5, 0.6) is 5.75 Å². The number of methoxy groups -OCH3 is 1. The van der Waals surface area contributed by atoms with Crippen LogP contribution in [0.4, 0.5) is 0 Å². The Balaban J connectivity index is 2.67. The molecule has 3 nitrogen and oxygen atoms in total. The van der Waals surface area contributed by atoms with Crippen molar-refractivity contribution in [1.29, 1.82) is 0 Å². The van der Waals surface area contributed by atoms with E-state index < -0.39 is 0 Å². The number of hydrogen-bond acceptors (Lipinski definition) is 3. The minimum Gasteiger partial charge on any atom is -0.497 e. The van der Waals surface area contributed by atoms with Crippen LogP contribution in [-0.4, -0.2) is 12.3 Å². The van der Waals surface area contributed by atoms with Gasteiger partial charge in [0.15, 0.2) is 5.58 Å². The molecule has 0 N–H and O–H groups in total. The second-order valence-corrected chi connectivity index (χ2v) is 2.23. The molecule has 0 saturated heterocycles. The van der Waals surface area contributed by atoms with Crippen LogP contribution < -0.4 is 4.74 Å². The highest BCUT2D eigenvalue weighted by Crippen LogP contribution is 2.19. The molecule has 0 spiro atoms. The van der Waals surface area contributed by atoms with Crippen LogP contribution in [0.1, 0.15) is 0 Å². The van der Waals surface area contributed by atoms with E-state index in [1.165, 1.54) is 0 Å². The number of benzene rings is 1. The molecule has 0 amide bonds. The van der Waals surface area contributed by atoms with Gasteiger partial charge in [-0.2, -0.15) is 0 Å². The molecule has 0 fully saturated rings. The van der Waals surface area contributed by atoms with E-state index in [1.807, 2.05) is 18.2 Å². The highest BCUT2D eigenvalue weighted by atomic mass is 16.5. The van der Waals surface area contributed by atoms with Crippen LogP contribution in [0.15, 0.2) is 28.9 Å². The van der Waals surface area contributed by atoms with Gasteiger partial charge in [-0.25, -0.2) is 0 Å². The molecule has 0 radical (unpaired) electrons. The second kappa shape index (κ2) is 2.27. The largest absolute Gasteiger partial charge is 0.497 e. The van der Waals surface area contributed by atoms with E-state index in [0.29, 0.717) is 0 Å². The summed E-state index contributed by atoms with van der Waals surface area (Å²) in [5.41, 5.74) is 0.783. The van der Waals surface area contributed by atoms with Gasteiger partial charge in [-0.3, -0.25) is 0 Å². The molecule has 2 aromatic rings. The van der Waals surface area contributed by atoms with Crippen molar-refractivity contribution in [1.82, 2.24) is 5.16 Å². The number of aromatic nitrogens is 1. The van der Waals surface area contributed by atoms with Crippen LogP contribution >= 0.6 is 0 Å². The van der Waals surface area contributed by atoms with E-state index in [4.69, 9.17) is 9.26 Å². The van der Waals surface area contributed by atoms with Crippen LogP contribution in [0.2, 0.25) is 0 Å². The maximum Gasteiger partial charge on any atom is 0.167 e. The zero-order valence-electron chi connectivity index (χ0n) is 6.07. The van der Waals surface area contributed by atoms with E-state index in [9.17, 15) is 0 Å². The molecule has 0 aliphatic carbocycles. The summed E-state index contributed by atoms with van der Waals surface area (Å²) in [6, 6.07) is 5.56. The monoisotopic (exact) mass is 149 g/mol. The molecule has 11 heavy (non-hydrogen) atoms. The van der Waals surface area contributed by atoms with Gasteiger partial charge in [-0.15, -0.1) is 0 Å². The Morgan fingerprint density at radius 3 is 3.18 bits per heavy atom. The van der Waals surface area contributed by atoms with Crippen molar-refractivity contribution in [2.24, 2.45) is 0 Å². The summed E-state index contributed by atoms with van der Waals surface area (Å²) in [5.74, 6) is 0.820. The quantitative estimate of drug-likeness (QED) is 0.620. The number of ether oxygens (including phenoxy) is 1. The Morgan fingerprint density at radius 2 is 2.36 bits per heavy atom. The van der Waals surface area contributed by atoms with E-state index >= 15 is 0 Å². The summed E-state index contributed by atoms with van der Waals surface area (Å²) in [7, 11) is 1.63. The third-order valence-electron chi connectivity index (χ3n) is 1.56. The minimum atomic E-state index is 0.783. The molecule has 1 aromatic carbocycles. The zero-order chi connectivity index (χ0) is 7.68. The van der Waals surface area contributed by atoms with Gasteiger partial charge in [0.05, 0.1) is 13.3 Å². The lowest BCUT2D eigenvalue weighted by molar-refractivity contribution is 0.415.